The lowest BCUT2D eigenvalue weighted by Gasteiger charge is -2.13. The van der Waals surface area contributed by atoms with Gasteiger partial charge in [0.05, 0.1) is 10.5 Å². The van der Waals surface area contributed by atoms with Crippen molar-refractivity contribution in [3.63, 3.8) is 0 Å². The van der Waals surface area contributed by atoms with Crippen molar-refractivity contribution in [1.29, 1.82) is 5.26 Å². The molecule has 0 spiro atoms. The summed E-state index contributed by atoms with van der Waals surface area (Å²) in [5, 5.41) is 22.8. The van der Waals surface area contributed by atoms with Gasteiger partial charge in [-0.2, -0.15) is 5.26 Å². The molecule has 0 fully saturated rings. The molecular formula is C15H14N4O2. The Morgan fingerprint density at radius 2 is 2.14 bits per heavy atom. The van der Waals surface area contributed by atoms with Crippen molar-refractivity contribution in [3.8, 4) is 6.07 Å². The van der Waals surface area contributed by atoms with Crippen LogP contribution >= 0.6 is 0 Å². The molecule has 106 valence electrons. The predicted molar refractivity (Wildman–Crippen MR) is 79.0 cm³/mol. The van der Waals surface area contributed by atoms with Gasteiger partial charge in [-0.3, -0.25) is 10.1 Å². The third-order valence-corrected chi connectivity index (χ3v) is 3.14. The van der Waals surface area contributed by atoms with Crippen LogP contribution in [0.5, 0.6) is 0 Å². The van der Waals surface area contributed by atoms with E-state index >= 15 is 0 Å². The van der Waals surface area contributed by atoms with Gasteiger partial charge in [-0.15, -0.1) is 0 Å². The third-order valence-electron chi connectivity index (χ3n) is 3.14. The summed E-state index contributed by atoms with van der Waals surface area (Å²) in [5.41, 5.74) is 1.12. The maximum Gasteiger partial charge on any atom is 0.312 e. The monoisotopic (exact) mass is 282 g/mol. The number of nitrogens with zero attached hydrogens (tertiary/aromatic N) is 3. The van der Waals surface area contributed by atoms with E-state index in [1.807, 2.05) is 43.3 Å². The number of hydrogen-bond donors (Lipinski definition) is 1. The van der Waals surface area contributed by atoms with Gasteiger partial charge in [-0.1, -0.05) is 37.3 Å². The van der Waals surface area contributed by atoms with E-state index in [1.54, 1.807) is 0 Å². The SMILES string of the molecule is CC(CNc1ncc(C#N)cc1[N+](=O)[O-])c1ccccc1. The zero-order valence-corrected chi connectivity index (χ0v) is 11.5. The fourth-order valence-corrected chi connectivity index (χ4v) is 1.94. The highest BCUT2D eigenvalue weighted by Crippen LogP contribution is 2.24. The Labute approximate surface area is 122 Å². The number of rotatable bonds is 5. The summed E-state index contributed by atoms with van der Waals surface area (Å²) in [6, 6.07) is 12.9. The third kappa shape index (κ3) is 3.54. The summed E-state index contributed by atoms with van der Waals surface area (Å²) in [6.07, 6.45) is 1.32. The maximum absolute atomic E-state index is 11.0. The molecule has 2 rings (SSSR count). The van der Waals surface area contributed by atoms with Gasteiger partial charge in [0, 0.05) is 18.8 Å². The number of aromatic nitrogens is 1. The summed E-state index contributed by atoms with van der Waals surface area (Å²) in [6.45, 7) is 2.54. The molecule has 1 N–H and O–H groups in total. The summed E-state index contributed by atoms with van der Waals surface area (Å²) >= 11 is 0. The molecule has 1 aromatic heterocycles. The smallest absolute Gasteiger partial charge is 0.312 e. The second-order valence-corrected chi connectivity index (χ2v) is 4.65. The zero-order chi connectivity index (χ0) is 15.2. The molecule has 1 aromatic carbocycles. The summed E-state index contributed by atoms with van der Waals surface area (Å²) < 4.78 is 0. The molecule has 0 saturated carbocycles. The van der Waals surface area contributed by atoms with Crippen LogP contribution in [-0.2, 0) is 0 Å². The fourth-order valence-electron chi connectivity index (χ4n) is 1.94. The second kappa shape index (κ2) is 6.48. The van der Waals surface area contributed by atoms with Gasteiger partial charge in [0.15, 0.2) is 0 Å². The molecular weight excluding hydrogens is 268 g/mol. The van der Waals surface area contributed by atoms with Gasteiger partial charge in [0.1, 0.15) is 6.07 Å². The molecule has 0 saturated heterocycles. The average molecular weight is 282 g/mol. The van der Waals surface area contributed by atoms with Gasteiger partial charge >= 0.3 is 5.69 Å². The van der Waals surface area contributed by atoms with Crippen molar-refractivity contribution in [2.24, 2.45) is 0 Å². The summed E-state index contributed by atoms with van der Waals surface area (Å²) in [7, 11) is 0. The first-order valence-corrected chi connectivity index (χ1v) is 6.45. The Kier molecular flexibility index (Phi) is 4.46. The normalized spacial score (nSPS) is 11.4. The maximum atomic E-state index is 11.0. The van der Waals surface area contributed by atoms with Crippen LogP contribution in [0.15, 0.2) is 42.6 Å². The largest absolute Gasteiger partial charge is 0.364 e. The van der Waals surface area contributed by atoms with Gasteiger partial charge in [-0.05, 0) is 11.5 Å². The van der Waals surface area contributed by atoms with E-state index in [0.717, 1.165) is 5.56 Å². The Bertz CT molecular complexity index is 680. The van der Waals surface area contributed by atoms with E-state index in [0.29, 0.717) is 6.54 Å². The highest BCUT2D eigenvalue weighted by Gasteiger charge is 2.17. The molecule has 2 aromatic rings. The van der Waals surface area contributed by atoms with E-state index in [-0.39, 0.29) is 23.0 Å². The Morgan fingerprint density at radius 1 is 1.43 bits per heavy atom. The second-order valence-electron chi connectivity index (χ2n) is 4.65. The Hall–Kier alpha value is -2.94. The van der Waals surface area contributed by atoms with Crippen molar-refractivity contribution < 1.29 is 4.92 Å². The fraction of sp³-hybridized carbons (Fsp3) is 0.200. The number of nitriles is 1. The van der Waals surface area contributed by atoms with Crippen molar-refractivity contribution in [3.05, 3.63) is 63.8 Å². The Balaban J connectivity index is 2.13. The van der Waals surface area contributed by atoms with Crippen LogP contribution in [0, 0.1) is 21.4 Å². The van der Waals surface area contributed by atoms with Crippen molar-refractivity contribution >= 4 is 11.5 Å². The lowest BCUT2D eigenvalue weighted by molar-refractivity contribution is -0.384. The molecule has 0 aliphatic heterocycles. The molecule has 0 bridgehead atoms. The minimum Gasteiger partial charge on any atom is -0.364 e. The van der Waals surface area contributed by atoms with Crippen LogP contribution in [-0.4, -0.2) is 16.5 Å². The number of anilines is 1. The van der Waals surface area contributed by atoms with Crippen LogP contribution in [0.3, 0.4) is 0 Å². The Morgan fingerprint density at radius 3 is 2.76 bits per heavy atom. The summed E-state index contributed by atoms with van der Waals surface area (Å²) in [4.78, 5) is 14.4. The quantitative estimate of drug-likeness (QED) is 0.672. The van der Waals surface area contributed by atoms with E-state index in [4.69, 9.17) is 5.26 Å². The van der Waals surface area contributed by atoms with E-state index in [1.165, 1.54) is 12.3 Å². The minimum atomic E-state index is -0.538. The average Bonchev–Trinajstić information content (AvgIpc) is 2.53. The van der Waals surface area contributed by atoms with E-state index in [9.17, 15) is 10.1 Å². The lowest BCUT2D eigenvalue weighted by atomic mass is 10.0. The van der Waals surface area contributed by atoms with Crippen LogP contribution in [0.1, 0.15) is 24.0 Å². The van der Waals surface area contributed by atoms with Gasteiger partial charge < -0.3 is 5.32 Å². The molecule has 6 heteroatoms. The zero-order valence-electron chi connectivity index (χ0n) is 11.5. The number of nitro groups is 1. The molecule has 6 nitrogen and oxygen atoms in total. The van der Waals surface area contributed by atoms with Crippen molar-refractivity contribution in [2.45, 2.75) is 12.8 Å². The minimum absolute atomic E-state index is 0.170. The van der Waals surface area contributed by atoms with Gasteiger partial charge in [0.25, 0.3) is 0 Å². The number of hydrogen-bond acceptors (Lipinski definition) is 5. The molecule has 1 heterocycles. The molecule has 0 radical (unpaired) electrons. The topological polar surface area (TPSA) is 91.8 Å². The number of benzene rings is 1. The molecule has 0 aliphatic carbocycles. The van der Waals surface area contributed by atoms with Crippen LogP contribution in [0.2, 0.25) is 0 Å². The van der Waals surface area contributed by atoms with Gasteiger partial charge in [0.2, 0.25) is 5.82 Å². The first-order chi connectivity index (χ1) is 10.1. The first-order valence-electron chi connectivity index (χ1n) is 6.45. The van der Waals surface area contributed by atoms with Gasteiger partial charge in [-0.25, -0.2) is 4.98 Å². The van der Waals surface area contributed by atoms with E-state index in [2.05, 4.69) is 10.3 Å². The molecule has 21 heavy (non-hydrogen) atoms. The van der Waals surface area contributed by atoms with Crippen LogP contribution < -0.4 is 5.32 Å². The standard InChI is InChI=1S/C15H14N4O2/c1-11(13-5-3-2-4-6-13)9-17-15-14(19(20)21)7-12(8-16)10-18-15/h2-7,10-11H,9H2,1H3,(H,17,18). The molecule has 1 unspecified atom stereocenters. The lowest BCUT2D eigenvalue weighted by Crippen LogP contribution is -2.12. The molecule has 1 atom stereocenters. The predicted octanol–water partition coefficient (Wildman–Crippen LogP) is 3.08. The molecule has 0 aliphatic rings. The molecule has 0 amide bonds. The highest BCUT2D eigenvalue weighted by molar-refractivity contribution is 5.58. The van der Waals surface area contributed by atoms with Crippen LogP contribution in [0.25, 0.3) is 0 Å². The summed E-state index contributed by atoms with van der Waals surface area (Å²) in [5.74, 6) is 0.366. The van der Waals surface area contributed by atoms with Crippen LogP contribution in [0.4, 0.5) is 11.5 Å². The first kappa shape index (κ1) is 14.5. The number of nitrogens with one attached hydrogen (secondary N) is 1. The number of pyridine rings is 1. The highest BCUT2D eigenvalue weighted by atomic mass is 16.6. The van der Waals surface area contributed by atoms with Crippen molar-refractivity contribution in [1.82, 2.24) is 4.98 Å². The van der Waals surface area contributed by atoms with Crippen molar-refractivity contribution in [2.75, 3.05) is 11.9 Å². The van der Waals surface area contributed by atoms with E-state index < -0.39 is 4.92 Å².